The molecule has 0 aliphatic carbocycles. The van der Waals surface area contributed by atoms with E-state index >= 15 is 0 Å². The van der Waals surface area contributed by atoms with Crippen molar-refractivity contribution in [2.75, 3.05) is 13.7 Å². The summed E-state index contributed by atoms with van der Waals surface area (Å²) in [6.45, 7) is 4.68. The van der Waals surface area contributed by atoms with Crippen molar-refractivity contribution >= 4 is 11.6 Å². The van der Waals surface area contributed by atoms with E-state index in [0.717, 1.165) is 16.9 Å². The molecule has 3 aromatic rings. The van der Waals surface area contributed by atoms with Crippen LogP contribution in [0.3, 0.4) is 0 Å². The van der Waals surface area contributed by atoms with E-state index in [0.29, 0.717) is 18.7 Å². The fraction of sp³-hybridized carbons (Fsp3) is 0.250. The maximum absolute atomic E-state index is 12.9. The summed E-state index contributed by atoms with van der Waals surface area (Å²) < 4.78 is 6.57. The SMILES string of the molecule is CCN(Cc1ccc(OC)cc1)C(=O)c1cnc2ccc(C)cn2c1=O. The Labute approximate surface area is 151 Å². The molecule has 3 rings (SSSR count). The van der Waals surface area contributed by atoms with Crippen LogP contribution in [0.2, 0.25) is 0 Å². The Morgan fingerprint density at radius 2 is 1.92 bits per heavy atom. The number of rotatable bonds is 5. The highest BCUT2D eigenvalue weighted by atomic mass is 16.5. The van der Waals surface area contributed by atoms with Crippen molar-refractivity contribution in [3.05, 3.63) is 75.8 Å². The maximum atomic E-state index is 12.9. The van der Waals surface area contributed by atoms with E-state index in [2.05, 4.69) is 4.98 Å². The molecule has 0 saturated heterocycles. The molecule has 0 aliphatic rings. The van der Waals surface area contributed by atoms with Gasteiger partial charge in [-0.1, -0.05) is 18.2 Å². The van der Waals surface area contributed by atoms with Crippen LogP contribution in [0.5, 0.6) is 5.75 Å². The summed E-state index contributed by atoms with van der Waals surface area (Å²) in [5.74, 6) is 0.437. The second-order valence-corrected chi connectivity index (χ2v) is 6.08. The van der Waals surface area contributed by atoms with Crippen LogP contribution in [-0.2, 0) is 6.54 Å². The van der Waals surface area contributed by atoms with Gasteiger partial charge >= 0.3 is 0 Å². The van der Waals surface area contributed by atoms with Gasteiger partial charge in [0, 0.05) is 25.5 Å². The molecule has 0 aliphatic heterocycles. The molecule has 1 aromatic carbocycles. The van der Waals surface area contributed by atoms with Gasteiger partial charge in [0.05, 0.1) is 7.11 Å². The number of benzene rings is 1. The van der Waals surface area contributed by atoms with Crippen LogP contribution in [-0.4, -0.2) is 33.8 Å². The van der Waals surface area contributed by atoms with Crippen molar-refractivity contribution < 1.29 is 9.53 Å². The van der Waals surface area contributed by atoms with E-state index in [1.807, 2.05) is 44.2 Å². The summed E-state index contributed by atoms with van der Waals surface area (Å²) in [6.07, 6.45) is 3.06. The molecule has 0 saturated carbocycles. The third-order valence-corrected chi connectivity index (χ3v) is 4.28. The highest BCUT2D eigenvalue weighted by molar-refractivity contribution is 5.93. The minimum atomic E-state index is -0.350. The minimum Gasteiger partial charge on any atom is -0.497 e. The van der Waals surface area contributed by atoms with E-state index in [9.17, 15) is 9.59 Å². The van der Waals surface area contributed by atoms with Crippen LogP contribution in [0, 0.1) is 6.92 Å². The van der Waals surface area contributed by atoms with Crippen LogP contribution in [0.1, 0.15) is 28.4 Å². The molecule has 6 heteroatoms. The third kappa shape index (κ3) is 3.44. The summed E-state index contributed by atoms with van der Waals surface area (Å²) in [5.41, 5.74) is 2.14. The number of hydrogen-bond acceptors (Lipinski definition) is 4. The Balaban J connectivity index is 1.91. The summed E-state index contributed by atoms with van der Waals surface area (Å²) in [4.78, 5) is 31.5. The number of fused-ring (bicyclic) bond motifs is 1. The zero-order valence-corrected chi connectivity index (χ0v) is 15.1. The van der Waals surface area contributed by atoms with E-state index in [4.69, 9.17) is 4.74 Å². The van der Waals surface area contributed by atoms with Gasteiger partial charge in [-0.2, -0.15) is 0 Å². The number of hydrogen-bond donors (Lipinski definition) is 0. The molecule has 1 amide bonds. The quantitative estimate of drug-likeness (QED) is 0.709. The second kappa shape index (κ2) is 7.39. The van der Waals surface area contributed by atoms with Gasteiger partial charge in [0.2, 0.25) is 0 Å². The first-order chi connectivity index (χ1) is 12.5. The van der Waals surface area contributed by atoms with E-state index in [1.54, 1.807) is 24.3 Å². The number of methoxy groups -OCH3 is 1. The number of amides is 1. The highest BCUT2D eigenvalue weighted by Crippen LogP contribution is 2.14. The largest absolute Gasteiger partial charge is 0.497 e. The van der Waals surface area contributed by atoms with E-state index < -0.39 is 0 Å². The van der Waals surface area contributed by atoms with Crippen molar-refractivity contribution in [1.82, 2.24) is 14.3 Å². The van der Waals surface area contributed by atoms with Gasteiger partial charge in [0.1, 0.15) is 17.0 Å². The number of carbonyl (C=O) groups is 1. The Hall–Kier alpha value is -3.15. The first-order valence-corrected chi connectivity index (χ1v) is 8.43. The lowest BCUT2D eigenvalue weighted by atomic mass is 10.2. The van der Waals surface area contributed by atoms with Crippen molar-refractivity contribution in [3.8, 4) is 5.75 Å². The lowest BCUT2D eigenvalue weighted by Crippen LogP contribution is -2.35. The number of aromatic nitrogens is 2. The van der Waals surface area contributed by atoms with Gasteiger partial charge in [-0.3, -0.25) is 14.0 Å². The zero-order chi connectivity index (χ0) is 18.7. The normalized spacial score (nSPS) is 10.7. The average Bonchev–Trinajstić information content (AvgIpc) is 2.67. The number of aryl methyl sites for hydroxylation is 1. The Kier molecular flexibility index (Phi) is 5.02. The molecule has 2 aromatic heterocycles. The second-order valence-electron chi connectivity index (χ2n) is 6.08. The molecule has 0 spiro atoms. The number of carbonyl (C=O) groups excluding carboxylic acids is 1. The lowest BCUT2D eigenvalue weighted by Gasteiger charge is -2.21. The maximum Gasteiger partial charge on any atom is 0.270 e. The summed E-state index contributed by atoms with van der Waals surface area (Å²) in [6, 6.07) is 11.2. The minimum absolute atomic E-state index is 0.0726. The molecule has 0 bridgehead atoms. The fourth-order valence-electron chi connectivity index (χ4n) is 2.78. The van der Waals surface area contributed by atoms with Gasteiger partial charge in [-0.15, -0.1) is 0 Å². The van der Waals surface area contributed by atoms with Gasteiger partial charge in [0.25, 0.3) is 11.5 Å². The molecule has 26 heavy (non-hydrogen) atoms. The lowest BCUT2D eigenvalue weighted by molar-refractivity contribution is 0.0750. The highest BCUT2D eigenvalue weighted by Gasteiger charge is 2.19. The molecular weight excluding hydrogens is 330 g/mol. The summed E-state index contributed by atoms with van der Waals surface area (Å²) in [5, 5.41) is 0. The standard InChI is InChI=1S/C20H21N3O3/c1-4-22(13-15-6-8-16(26-3)9-7-15)19(24)17-11-21-18-10-5-14(2)12-23(18)20(17)25/h5-12H,4,13H2,1-3H3. The monoisotopic (exact) mass is 351 g/mol. The molecule has 0 N–H and O–H groups in total. The predicted octanol–water partition coefficient (Wildman–Crippen LogP) is 2.67. The summed E-state index contributed by atoms with van der Waals surface area (Å²) >= 11 is 0. The average molecular weight is 351 g/mol. The molecule has 0 unspecified atom stereocenters. The Bertz CT molecular complexity index is 993. The van der Waals surface area contributed by atoms with Crippen molar-refractivity contribution in [2.45, 2.75) is 20.4 Å². The van der Waals surface area contributed by atoms with E-state index in [1.165, 1.54) is 10.6 Å². The van der Waals surface area contributed by atoms with Crippen molar-refractivity contribution in [2.24, 2.45) is 0 Å². The Morgan fingerprint density at radius 3 is 2.58 bits per heavy atom. The first kappa shape index (κ1) is 17.7. The smallest absolute Gasteiger partial charge is 0.270 e. The van der Waals surface area contributed by atoms with Crippen molar-refractivity contribution in [1.29, 1.82) is 0 Å². The molecule has 134 valence electrons. The van der Waals surface area contributed by atoms with Gasteiger partial charge in [0.15, 0.2) is 0 Å². The molecular formula is C20H21N3O3. The topological polar surface area (TPSA) is 63.9 Å². The van der Waals surface area contributed by atoms with Gasteiger partial charge in [-0.05, 0) is 43.2 Å². The van der Waals surface area contributed by atoms with E-state index in [-0.39, 0.29) is 17.0 Å². The van der Waals surface area contributed by atoms with Crippen LogP contribution in [0.15, 0.2) is 53.6 Å². The summed E-state index contributed by atoms with van der Waals surface area (Å²) in [7, 11) is 1.61. The molecule has 2 heterocycles. The molecule has 0 radical (unpaired) electrons. The number of ether oxygens (including phenoxy) is 1. The third-order valence-electron chi connectivity index (χ3n) is 4.28. The predicted molar refractivity (Wildman–Crippen MR) is 99.6 cm³/mol. The zero-order valence-electron chi connectivity index (χ0n) is 15.1. The van der Waals surface area contributed by atoms with Crippen LogP contribution < -0.4 is 10.3 Å². The molecule has 0 fully saturated rings. The molecule has 6 nitrogen and oxygen atoms in total. The number of pyridine rings is 1. The first-order valence-electron chi connectivity index (χ1n) is 8.43. The van der Waals surface area contributed by atoms with Crippen LogP contribution in [0.4, 0.5) is 0 Å². The number of nitrogens with zero attached hydrogens (tertiary/aromatic N) is 3. The molecule has 0 atom stereocenters. The van der Waals surface area contributed by atoms with Gasteiger partial charge < -0.3 is 9.64 Å². The van der Waals surface area contributed by atoms with Gasteiger partial charge in [-0.25, -0.2) is 4.98 Å². The van der Waals surface area contributed by atoms with Crippen molar-refractivity contribution in [3.63, 3.8) is 0 Å². The fourth-order valence-corrected chi connectivity index (χ4v) is 2.78. The van der Waals surface area contributed by atoms with Crippen LogP contribution in [0.25, 0.3) is 5.65 Å². The Morgan fingerprint density at radius 1 is 1.19 bits per heavy atom. The van der Waals surface area contributed by atoms with Crippen LogP contribution >= 0.6 is 0 Å².